The number of nitrogens with two attached hydrogens (primary N) is 1. The fraction of sp³-hybridized carbons (Fsp3) is 0.333. The third-order valence-electron chi connectivity index (χ3n) is 1.72. The minimum Gasteiger partial charge on any atom is -0.394 e. The number of thioether (sulfide) groups is 1. The molecule has 0 aromatic heterocycles. The van der Waals surface area contributed by atoms with Gasteiger partial charge in [0.2, 0.25) is 0 Å². The highest BCUT2D eigenvalue weighted by atomic mass is 32.2. The van der Waals surface area contributed by atoms with Crippen LogP contribution in [0.15, 0.2) is 29.2 Å². The lowest BCUT2D eigenvalue weighted by atomic mass is 10.1. The zero-order valence-electron chi connectivity index (χ0n) is 7.03. The lowest BCUT2D eigenvalue weighted by Gasteiger charge is -2.08. The van der Waals surface area contributed by atoms with E-state index in [0.717, 1.165) is 5.56 Å². The van der Waals surface area contributed by atoms with Gasteiger partial charge < -0.3 is 10.8 Å². The first kappa shape index (κ1) is 9.58. The zero-order valence-corrected chi connectivity index (χ0v) is 7.84. The number of benzene rings is 1. The fourth-order valence-electron chi connectivity index (χ4n) is 0.978. The molecule has 0 aliphatic heterocycles. The summed E-state index contributed by atoms with van der Waals surface area (Å²) in [7, 11) is 0. The largest absolute Gasteiger partial charge is 0.394 e. The second-order valence-corrected chi connectivity index (χ2v) is 3.45. The number of hydrogen-bond acceptors (Lipinski definition) is 3. The van der Waals surface area contributed by atoms with E-state index in [-0.39, 0.29) is 12.6 Å². The molecular weight excluding hydrogens is 170 g/mol. The van der Waals surface area contributed by atoms with Crippen LogP contribution >= 0.6 is 11.8 Å². The summed E-state index contributed by atoms with van der Waals surface area (Å²) in [6.45, 7) is -0.00215. The lowest BCUT2D eigenvalue weighted by molar-refractivity contribution is 0.268. The molecule has 0 saturated heterocycles. The smallest absolute Gasteiger partial charge is 0.0624 e. The summed E-state index contributed by atoms with van der Waals surface area (Å²) in [5.41, 5.74) is 6.65. The summed E-state index contributed by atoms with van der Waals surface area (Å²) in [5.74, 6) is 0. The van der Waals surface area contributed by atoms with Gasteiger partial charge in [-0.15, -0.1) is 11.8 Å². The van der Waals surface area contributed by atoms with Gasteiger partial charge in [0, 0.05) is 4.90 Å². The Morgan fingerprint density at radius 3 is 2.92 bits per heavy atom. The number of aliphatic hydroxyl groups is 1. The van der Waals surface area contributed by atoms with E-state index in [0.29, 0.717) is 0 Å². The molecule has 3 N–H and O–H groups in total. The van der Waals surface area contributed by atoms with Gasteiger partial charge in [-0.1, -0.05) is 12.1 Å². The Balaban J connectivity index is 2.86. The predicted molar refractivity (Wildman–Crippen MR) is 52.2 cm³/mol. The van der Waals surface area contributed by atoms with E-state index in [4.69, 9.17) is 10.8 Å². The second kappa shape index (κ2) is 4.50. The van der Waals surface area contributed by atoms with Gasteiger partial charge in [-0.3, -0.25) is 0 Å². The Kier molecular flexibility index (Phi) is 3.59. The fourth-order valence-corrected chi connectivity index (χ4v) is 1.45. The third-order valence-corrected chi connectivity index (χ3v) is 2.44. The molecule has 0 radical (unpaired) electrons. The maximum absolute atomic E-state index is 8.82. The van der Waals surface area contributed by atoms with Crippen molar-refractivity contribution in [1.82, 2.24) is 0 Å². The molecule has 0 saturated carbocycles. The van der Waals surface area contributed by atoms with Crippen LogP contribution < -0.4 is 5.73 Å². The highest BCUT2D eigenvalue weighted by Gasteiger charge is 2.03. The van der Waals surface area contributed by atoms with Crippen molar-refractivity contribution < 1.29 is 5.11 Å². The van der Waals surface area contributed by atoms with Crippen LogP contribution in [0.1, 0.15) is 11.6 Å². The molecular formula is C9H13NOS. The Morgan fingerprint density at radius 2 is 2.33 bits per heavy atom. The number of aliphatic hydroxyl groups excluding tert-OH is 1. The molecule has 1 unspecified atom stereocenters. The maximum Gasteiger partial charge on any atom is 0.0624 e. The van der Waals surface area contributed by atoms with E-state index >= 15 is 0 Å². The molecule has 1 aromatic rings. The van der Waals surface area contributed by atoms with Crippen LogP contribution in [0.4, 0.5) is 0 Å². The Labute approximate surface area is 76.8 Å². The molecule has 0 spiro atoms. The topological polar surface area (TPSA) is 46.2 Å². The van der Waals surface area contributed by atoms with Crippen LogP contribution in [-0.4, -0.2) is 18.0 Å². The van der Waals surface area contributed by atoms with Gasteiger partial charge in [0.1, 0.15) is 0 Å². The molecule has 2 nitrogen and oxygen atoms in total. The Bertz CT molecular complexity index is 252. The van der Waals surface area contributed by atoms with Gasteiger partial charge in [0.05, 0.1) is 12.6 Å². The van der Waals surface area contributed by atoms with Crippen LogP contribution in [0.2, 0.25) is 0 Å². The molecule has 1 rings (SSSR count). The van der Waals surface area contributed by atoms with Crippen molar-refractivity contribution in [3.63, 3.8) is 0 Å². The van der Waals surface area contributed by atoms with E-state index in [1.54, 1.807) is 11.8 Å². The van der Waals surface area contributed by atoms with E-state index < -0.39 is 0 Å². The summed E-state index contributed by atoms with van der Waals surface area (Å²) < 4.78 is 0. The van der Waals surface area contributed by atoms with Crippen molar-refractivity contribution in [2.24, 2.45) is 5.73 Å². The molecule has 0 bridgehead atoms. The highest BCUT2D eigenvalue weighted by molar-refractivity contribution is 7.98. The average molecular weight is 183 g/mol. The molecule has 0 aliphatic rings. The summed E-state index contributed by atoms with van der Waals surface area (Å²) in [5, 5.41) is 8.82. The van der Waals surface area contributed by atoms with Gasteiger partial charge in [-0.05, 0) is 24.0 Å². The maximum atomic E-state index is 8.82. The van der Waals surface area contributed by atoms with Gasteiger partial charge in [0.25, 0.3) is 0 Å². The standard InChI is InChI=1S/C9H13NOS/c1-12-8-4-2-3-7(5-8)9(10)6-11/h2-5,9,11H,6,10H2,1H3. The lowest BCUT2D eigenvalue weighted by Crippen LogP contribution is -2.14. The summed E-state index contributed by atoms with van der Waals surface area (Å²) >= 11 is 1.67. The van der Waals surface area contributed by atoms with Crippen LogP contribution in [0.25, 0.3) is 0 Å². The average Bonchev–Trinajstić information content (AvgIpc) is 2.17. The van der Waals surface area contributed by atoms with Crippen LogP contribution in [0.5, 0.6) is 0 Å². The monoisotopic (exact) mass is 183 g/mol. The molecule has 1 aromatic carbocycles. The van der Waals surface area contributed by atoms with Crippen molar-refractivity contribution in [2.75, 3.05) is 12.9 Å². The number of rotatable bonds is 3. The molecule has 0 fully saturated rings. The normalized spacial score (nSPS) is 12.9. The number of hydrogen-bond donors (Lipinski definition) is 2. The van der Waals surface area contributed by atoms with Crippen molar-refractivity contribution in [1.29, 1.82) is 0 Å². The van der Waals surface area contributed by atoms with E-state index in [9.17, 15) is 0 Å². The van der Waals surface area contributed by atoms with Crippen molar-refractivity contribution in [2.45, 2.75) is 10.9 Å². The molecule has 0 amide bonds. The first-order chi connectivity index (χ1) is 5.77. The minimum absolute atomic E-state index is 0.00215. The second-order valence-electron chi connectivity index (χ2n) is 2.57. The molecule has 1 atom stereocenters. The molecule has 12 heavy (non-hydrogen) atoms. The zero-order chi connectivity index (χ0) is 8.97. The van der Waals surface area contributed by atoms with Gasteiger partial charge in [0.15, 0.2) is 0 Å². The SMILES string of the molecule is CSc1cccc(C(N)CO)c1. The van der Waals surface area contributed by atoms with Crippen molar-refractivity contribution in [3.8, 4) is 0 Å². The van der Waals surface area contributed by atoms with E-state index in [1.807, 2.05) is 30.5 Å². The van der Waals surface area contributed by atoms with Gasteiger partial charge in [-0.2, -0.15) is 0 Å². The van der Waals surface area contributed by atoms with Crippen LogP contribution in [-0.2, 0) is 0 Å². The molecule has 0 heterocycles. The van der Waals surface area contributed by atoms with E-state index in [1.165, 1.54) is 4.90 Å². The Hall–Kier alpha value is -0.510. The van der Waals surface area contributed by atoms with Gasteiger partial charge >= 0.3 is 0 Å². The summed E-state index contributed by atoms with van der Waals surface area (Å²) in [6, 6.07) is 7.67. The minimum atomic E-state index is -0.253. The summed E-state index contributed by atoms with van der Waals surface area (Å²) in [6.07, 6.45) is 2.02. The van der Waals surface area contributed by atoms with E-state index in [2.05, 4.69) is 0 Å². The quantitative estimate of drug-likeness (QED) is 0.696. The molecule has 0 aliphatic carbocycles. The van der Waals surface area contributed by atoms with Crippen molar-refractivity contribution in [3.05, 3.63) is 29.8 Å². The van der Waals surface area contributed by atoms with Crippen LogP contribution in [0.3, 0.4) is 0 Å². The highest BCUT2D eigenvalue weighted by Crippen LogP contribution is 2.18. The van der Waals surface area contributed by atoms with Crippen LogP contribution in [0, 0.1) is 0 Å². The predicted octanol–water partition coefficient (Wildman–Crippen LogP) is 1.40. The third kappa shape index (κ3) is 2.24. The van der Waals surface area contributed by atoms with Crippen molar-refractivity contribution >= 4 is 11.8 Å². The van der Waals surface area contributed by atoms with Gasteiger partial charge in [-0.25, -0.2) is 0 Å². The Morgan fingerprint density at radius 1 is 1.58 bits per heavy atom. The first-order valence-corrected chi connectivity index (χ1v) is 5.00. The molecule has 3 heteroatoms. The molecule has 66 valence electrons. The first-order valence-electron chi connectivity index (χ1n) is 3.78. The summed E-state index contributed by atoms with van der Waals surface area (Å²) in [4.78, 5) is 1.18.